The second kappa shape index (κ2) is 9.81. The van der Waals surface area contributed by atoms with Crippen LogP contribution in [0, 0.1) is 6.92 Å². The Morgan fingerprint density at radius 2 is 1.74 bits per heavy atom. The van der Waals surface area contributed by atoms with Crippen LogP contribution in [0.4, 0.5) is 0 Å². The minimum atomic E-state index is -4.05. The monoisotopic (exact) mass is 540 g/mol. The van der Waals surface area contributed by atoms with Gasteiger partial charge in [-0.25, -0.2) is 8.42 Å². The number of aliphatic hydroxyl groups is 1. The number of esters is 1. The molecule has 0 saturated carbocycles. The van der Waals surface area contributed by atoms with E-state index in [4.69, 9.17) is 23.2 Å². The highest BCUT2D eigenvalue weighted by molar-refractivity contribution is 7.93. The molecule has 0 aliphatic rings. The average molecular weight is 541 g/mol. The molecule has 0 unspecified atom stereocenters. The van der Waals surface area contributed by atoms with Gasteiger partial charge in [0.1, 0.15) is 5.69 Å². The summed E-state index contributed by atoms with van der Waals surface area (Å²) in [6.07, 6.45) is 0. The van der Waals surface area contributed by atoms with Gasteiger partial charge < -0.3 is 19.7 Å². The summed E-state index contributed by atoms with van der Waals surface area (Å²) in [5, 5.41) is 14.1. The number of amides is 1. The van der Waals surface area contributed by atoms with Crippen molar-refractivity contribution in [2.24, 2.45) is 7.05 Å². The van der Waals surface area contributed by atoms with Gasteiger partial charge in [0, 0.05) is 12.4 Å². The molecule has 2 aromatic carbocycles. The fourth-order valence-electron chi connectivity index (χ4n) is 3.74. The zero-order valence-corrected chi connectivity index (χ0v) is 22.2. The van der Waals surface area contributed by atoms with Crippen molar-refractivity contribution < 1.29 is 27.9 Å². The summed E-state index contributed by atoms with van der Waals surface area (Å²) in [6.45, 7) is 3.92. The van der Waals surface area contributed by atoms with Crippen LogP contribution in [0.5, 0.6) is 0 Å². The van der Waals surface area contributed by atoms with E-state index in [2.05, 4.69) is 10.1 Å². The molecule has 1 heterocycles. The SMILES string of the molecule is COC(=O)C(C)(C)S(=O)(=O)c1ccc([C@@H](CO)NC(=O)c2cc3c(Cl)c(Cl)c(C)cc3n2C)cc1. The molecule has 1 amide bonds. The Hall–Kier alpha value is -2.59. The molecule has 1 aromatic heterocycles. The van der Waals surface area contributed by atoms with Crippen molar-refractivity contribution in [2.75, 3.05) is 13.7 Å². The van der Waals surface area contributed by atoms with Crippen LogP contribution >= 0.6 is 23.2 Å². The quantitative estimate of drug-likeness (QED) is 0.438. The maximum atomic E-state index is 13.1. The van der Waals surface area contributed by atoms with Crippen molar-refractivity contribution >= 4 is 55.8 Å². The van der Waals surface area contributed by atoms with Crippen molar-refractivity contribution in [1.82, 2.24) is 9.88 Å². The first-order valence-corrected chi connectivity index (χ1v) is 12.8. The number of aryl methyl sites for hydroxylation is 2. The molecule has 0 aliphatic heterocycles. The highest BCUT2D eigenvalue weighted by atomic mass is 35.5. The average Bonchev–Trinajstić information content (AvgIpc) is 3.16. The molecule has 0 fully saturated rings. The van der Waals surface area contributed by atoms with Crippen LogP contribution < -0.4 is 5.32 Å². The van der Waals surface area contributed by atoms with Gasteiger partial charge in [0.15, 0.2) is 14.6 Å². The summed E-state index contributed by atoms with van der Waals surface area (Å²) in [6, 6.07) is 8.24. The van der Waals surface area contributed by atoms with E-state index in [0.717, 1.165) is 18.2 Å². The number of nitrogens with zero attached hydrogens (tertiary/aromatic N) is 1. The maximum Gasteiger partial charge on any atom is 0.327 e. The number of methoxy groups -OCH3 is 1. The third-order valence-corrected chi connectivity index (χ3v) is 9.45. The van der Waals surface area contributed by atoms with Gasteiger partial charge in [-0.1, -0.05) is 35.3 Å². The van der Waals surface area contributed by atoms with Crippen LogP contribution in [-0.2, 0) is 26.4 Å². The molecule has 0 bridgehead atoms. The summed E-state index contributed by atoms with van der Waals surface area (Å²) in [4.78, 5) is 25.0. The van der Waals surface area contributed by atoms with Crippen LogP contribution in [0.3, 0.4) is 0 Å². The molecule has 3 aromatic rings. The van der Waals surface area contributed by atoms with E-state index in [0.29, 0.717) is 26.7 Å². The van der Waals surface area contributed by atoms with Crippen LogP contribution in [0.2, 0.25) is 10.0 Å². The van der Waals surface area contributed by atoms with Gasteiger partial charge in [0.2, 0.25) is 0 Å². The number of halogens is 2. The zero-order chi connectivity index (χ0) is 26.3. The Kier molecular flexibility index (Phi) is 7.57. The molecule has 0 aliphatic carbocycles. The lowest BCUT2D eigenvalue weighted by Crippen LogP contribution is -2.41. The second-order valence-corrected chi connectivity index (χ2v) is 11.9. The lowest BCUT2D eigenvalue weighted by molar-refractivity contribution is -0.142. The standard InChI is InChI=1S/C24H26Cl2N2O6S/c1-13-10-18-16(21(26)20(13)25)11-19(28(18)4)22(30)27-17(12-29)14-6-8-15(9-7-14)35(32,33)24(2,3)23(31)34-5/h6-11,17,29H,12H2,1-5H3,(H,27,30)/t17-/m1/s1. The lowest BCUT2D eigenvalue weighted by Gasteiger charge is -2.22. The number of fused-ring (bicyclic) bond motifs is 1. The summed E-state index contributed by atoms with van der Waals surface area (Å²) >= 11 is 12.6. The number of hydrogen-bond donors (Lipinski definition) is 2. The van der Waals surface area contributed by atoms with E-state index in [1.165, 1.54) is 38.1 Å². The van der Waals surface area contributed by atoms with E-state index in [1.807, 2.05) is 13.0 Å². The fourth-order valence-corrected chi connectivity index (χ4v) is 5.59. The molecular formula is C24H26Cl2N2O6S. The largest absolute Gasteiger partial charge is 0.468 e. The maximum absolute atomic E-state index is 13.1. The number of aliphatic hydroxyl groups excluding tert-OH is 1. The van der Waals surface area contributed by atoms with Gasteiger partial charge >= 0.3 is 5.97 Å². The van der Waals surface area contributed by atoms with Crippen LogP contribution in [0.25, 0.3) is 10.9 Å². The molecule has 0 saturated heterocycles. The van der Waals surface area contributed by atoms with Gasteiger partial charge in [-0.15, -0.1) is 0 Å². The van der Waals surface area contributed by atoms with E-state index in [-0.39, 0.29) is 4.90 Å². The Balaban J connectivity index is 1.89. The molecule has 0 spiro atoms. The molecular weight excluding hydrogens is 515 g/mol. The zero-order valence-electron chi connectivity index (χ0n) is 19.8. The molecule has 1 atom stereocenters. The van der Waals surface area contributed by atoms with Crippen LogP contribution in [-0.4, -0.2) is 48.4 Å². The Bertz CT molecular complexity index is 1410. The van der Waals surface area contributed by atoms with Crippen molar-refractivity contribution in [3.05, 3.63) is 63.3 Å². The minimum Gasteiger partial charge on any atom is -0.468 e. The number of ether oxygens (including phenoxy) is 1. The number of carbonyl (C=O) groups is 2. The third kappa shape index (κ3) is 4.65. The Morgan fingerprint density at radius 3 is 2.29 bits per heavy atom. The van der Waals surface area contributed by atoms with Crippen molar-refractivity contribution in [2.45, 2.75) is 36.5 Å². The number of aromatic nitrogens is 1. The topological polar surface area (TPSA) is 115 Å². The molecule has 35 heavy (non-hydrogen) atoms. The predicted molar refractivity (Wildman–Crippen MR) is 135 cm³/mol. The molecule has 11 heteroatoms. The first-order chi connectivity index (χ1) is 16.3. The highest BCUT2D eigenvalue weighted by Crippen LogP contribution is 2.35. The first kappa shape index (κ1) is 27.0. The summed E-state index contributed by atoms with van der Waals surface area (Å²) in [5.41, 5.74) is 2.29. The summed E-state index contributed by atoms with van der Waals surface area (Å²) in [5.74, 6) is -1.34. The Morgan fingerprint density at radius 1 is 1.14 bits per heavy atom. The van der Waals surface area contributed by atoms with Crippen LogP contribution in [0.1, 0.15) is 41.5 Å². The van der Waals surface area contributed by atoms with Gasteiger partial charge in [-0.05, 0) is 56.2 Å². The highest BCUT2D eigenvalue weighted by Gasteiger charge is 2.44. The van der Waals surface area contributed by atoms with Gasteiger partial charge in [-0.3, -0.25) is 9.59 Å². The van der Waals surface area contributed by atoms with E-state index in [9.17, 15) is 23.1 Å². The van der Waals surface area contributed by atoms with E-state index < -0.39 is 39.1 Å². The molecule has 2 N–H and O–H groups in total. The number of hydrogen-bond acceptors (Lipinski definition) is 6. The summed E-state index contributed by atoms with van der Waals surface area (Å²) in [7, 11) is -1.21. The fraction of sp³-hybridized carbons (Fsp3) is 0.333. The number of rotatable bonds is 7. The molecule has 3 rings (SSSR count). The smallest absolute Gasteiger partial charge is 0.327 e. The van der Waals surface area contributed by atoms with Crippen LogP contribution in [0.15, 0.2) is 41.3 Å². The predicted octanol–water partition coefficient (Wildman–Crippen LogP) is 3.98. The minimum absolute atomic E-state index is 0.0877. The third-order valence-electron chi connectivity index (χ3n) is 6.07. The van der Waals surface area contributed by atoms with E-state index in [1.54, 1.807) is 17.7 Å². The van der Waals surface area contributed by atoms with Gasteiger partial charge in [0.25, 0.3) is 5.91 Å². The van der Waals surface area contributed by atoms with Gasteiger partial charge in [-0.2, -0.15) is 0 Å². The number of sulfone groups is 1. The first-order valence-electron chi connectivity index (χ1n) is 10.6. The van der Waals surface area contributed by atoms with Crippen molar-refractivity contribution in [3.63, 3.8) is 0 Å². The molecule has 0 radical (unpaired) electrons. The van der Waals surface area contributed by atoms with Gasteiger partial charge in [0.05, 0.1) is 40.2 Å². The van der Waals surface area contributed by atoms with Crippen molar-refractivity contribution in [1.29, 1.82) is 0 Å². The molecule has 8 nitrogen and oxygen atoms in total. The normalized spacial score (nSPS) is 13.0. The number of nitrogens with one attached hydrogen (secondary N) is 1. The lowest BCUT2D eigenvalue weighted by atomic mass is 10.1. The number of carbonyl (C=O) groups excluding carboxylic acids is 2. The van der Waals surface area contributed by atoms with E-state index >= 15 is 0 Å². The Labute approximate surface area is 213 Å². The molecule has 188 valence electrons. The van der Waals surface area contributed by atoms with Crippen molar-refractivity contribution in [3.8, 4) is 0 Å². The summed E-state index contributed by atoms with van der Waals surface area (Å²) < 4.78 is 30.4. The second-order valence-electron chi connectivity index (χ2n) is 8.63. The number of benzene rings is 2.